The first-order chi connectivity index (χ1) is 26.8. The van der Waals surface area contributed by atoms with Gasteiger partial charge in [0.05, 0.1) is 22.1 Å². The van der Waals surface area contributed by atoms with Crippen LogP contribution in [0.15, 0.2) is 176 Å². The summed E-state index contributed by atoms with van der Waals surface area (Å²) < 4.78 is 4.88. The van der Waals surface area contributed by atoms with Gasteiger partial charge in [0, 0.05) is 32.9 Å². The SMILES string of the molecule is CCCCc1cc2c(c3ccccc13)c1c3cc4cccc(-c5ccc(-n6c7ccccc7c7ccccc76)cc5)c4cc3ccc1n2-c1ccccc1. The summed E-state index contributed by atoms with van der Waals surface area (Å²) in [5, 5.41) is 13.0. The molecule has 0 unspecified atom stereocenters. The van der Waals surface area contributed by atoms with E-state index in [1.165, 1.54) is 117 Å². The number of aromatic nitrogens is 2. The maximum absolute atomic E-state index is 2.49. The van der Waals surface area contributed by atoms with E-state index in [0.29, 0.717) is 0 Å². The highest BCUT2D eigenvalue weighted by Crippen LogP contribution is 2.44. The fourth-order valence-electron chi connectivity index (χ4n) is 9.21. The third-order valence-electron chi connectivity index (χ3n) is 11.7. The van der Waals surface area contributed by atoms with Crippen LogP contribution in [0.5, 0.6) is 0 Å². The maximum atomic E-state index is 2.49. The number of nitrogens with zero attached hydrogens (tertiary/aromatic N) is 2. The van der Waals surface area contributed by atoms with Crippen LogP contribution in [0.2, 0.25) is 0 Å². The van der Waals surface area contributed by atoms with Crippen LogP contribution in [0.25, 0.3) is 98.4 Å². The van der Waals surface area contributed by atoms with Crippen LogP contribution in [0, 0.1) is 0 Å². The van der Waals surface area contributed by atoms with E-state index in [1.807, 2.05) is 0 Å². The molecule has 2 nitrogen and oxygen atoms in total. The molecule has 0 spiro atoms. The van der Waals surface area contributed by atoms with Gasteiger partial charge in [-0.15, -0.1) is 0 Å². The molecule has 0 saturated carbocycles. The van der Waals surface area contributed by atoms with Gasteiger partial charge >= 0.3 is 0 Å². The summed E-state index contributed by atoms with van der Waals surface area (Å²) in [7, 11) is 0. The fraction of sp³-hybridized carbons (Fsp3) is 0.0769. The lowest BCUT2D eigenvalue weighted by atomic mass is 9.92. The normalized spacial score (nSPS) is 12.0. The number of unbranched alkanes of at least 4 members (excludes halogenated alkanes) is 1. The summed E-state index contributed by atoms with van der Waals surface area (Å²) in [5.74, 6) is 0. The van der Waals surface area contributed by atoms with Crippen molar-refractivity contribution in [3.8, 4) is 22.5 Å². The van der Waals surface area contributed by atoms with E-state index in [9.17, 15) is 0 Å². The first kappa shape index (κ1) is 30.9. The van der Waals surface area contributed by atoms with E-state index in [1.54, 1.807) is 0 Å². The molecule has 2 heteroatoms. The van der Waals surface area contributed by atoms with Crippen molar-refractivity contribution in [2.45, 2.75) is 26.2 Å². The molecule has 0 N–H and O–H groups in total. The van der Waals surface area contributed by atoms with Gasteiger partial charge in [0.2, 0.25) is 0 Å². The average Bonchev–Trinajstić information content (AvgIpc) is 3.75. The Morgan fingerprint density at radius 1 is 0.389 bits per heavy atom. The Hall–Kier alpha value is -6.64. The monoisotopic (exact) mass is 690 g/mol. The summed E-state index contributed by atoms with van der Waals surface area (Å²) in [6.45, 7) is 2.28. The molecule has 0 aliphatic carbocycles. The highest BCUT2D eigenvalue weighted by Gasteiger charge is 2.20. The minimum Gasteiger partial charge on any atom is -0.309 e. The minimum atomic E-state index is 1.08. The van der Waals surface area contributed by atoms with Gasteiger partial charge in [-0.2, -0.15) is 0 Å². The molecule has 0 amide bonds. The van der Waals surface area contributed by atoms with Crippen molar-refractivity contribution >= 4 is 75.9 Å². The molecule has 0 saturated heterocycles. The third-order valence-corrected chi connectivity index (χ3v) is 11.7. The van der Waals surface area contributed by atoms with Crippen molar-refractivity contribution in [2.24, 2.45) is 0 Å². The van der Waals surface area contributed by atoms with E-state index in [0.717, 1.165) is 6.42 Å². The average molecular weight is 691 g/mol. The zero-order valence-corrected chi connectivity index (χ0v) is 30.3. The van der Waals surface area contributed by atoms with Crippen molar-refractivity contribution in [3.05, 3.63) is 181 Å². The van der Waals surface area contributed by atoms with E-state index in [4.69, 9.17) is 0 Å². The quantitative estimate of drug-likeness (QED) is 0.154. The molecule has 0 fully saturated rings. The Bertz CT molecular complexity index is 3180. The van der Waals surface area contributed by atoms with E-state index in [-0.39, 0.29) is 0 Å². The molecule has 9 aromatic carbocycles. The van der Waals surface area contributed by atoms with E-state index >= 15 is 0 Å². The Morgan fingerprint density at radius 3 is 1.72 bits per heavy atom. The molecule has 0 bridgehead atoms. The van der Waals surface area contributed by atoms with Crippen molar-refractivity contribution in [2.75, 3.05) is 0 Å². The van der Waals surface area contributed by atoms with Crippen LogP contribution in [0.4, 0.5) is 0 Å². The van der Waals surface area contributed by atoms with Crippen LogP contribution in [0.3, 0.4) is 0 Å². The highest BCUT2D eigenvalue weighted by molar-refractivity contribution is 6.30. The number of para-hydroxylation sites is 3. The summed E-state index contributed by atoms with van der Waals surface area (Å²) in [4.78, 5) is 0. The number of benzene rings is 9. The largest absolute Gasteiger partial charge is 0.309 e. The zero-order chi connectivity index (χ0) is 35.8. The van der Waals surface area contributed by atoms with Crippen molar-refractivity contribution in [1.29, 1.82) is 0 Å². The van der Waals surface area contributed by atoms with Crippen molar-refractivity contribution in [1.82, 2.24) is 9.13 Å². The number of hydrogen-bond acceptors (Lipinski definition) is 0. The predicted molar refractivity (Wildman–Crippen MR) is 232 cm³/mol. The standard InChI is InChI=1S/C52H38N2/c1-2-3-14-36-33-50-51(44-21-8-7-18-41(36)44)52-46-32-35-15-13-22-40(45(35)31-37(46)27-30-49(52)54(50)38-16-5-4-6-17-38)34-25-28-39(29-26-34)53-47-23-11-9-19-42(47)43-20-10-12-24-48(43)53/h4-13,15-33H,2-3,14H2,1H3. The lowest BCUT2D eigenvalue weighted by Crippen LogP contribution is -1.95. The first-order valence-corrected chi connectivity index (χ1v) is 19.3. The summed E-state index contributed by atoms with van der Waals surface area (Å²) in [5.41, 5.74) is 11.3. The number of rotatable bonds is 6. The van der Waals surface area contributed by atoms with Gasteiger partial charge in [0.15, 0.2) is 0 Å². The molecule has 0 aliphatic heterocycles. The molecule has 256 valence electrons. The Balaban J connectivity index is 1.13. The highest BCUT2D eigenvalue weighted by atomic mass is 15.0. The van der Waals surface area contributed by atoms with Gasteiger partial charge in [-0.3, -0.25) is 0 Å². The molecular formula is C52H38N2. The summed E-state index contributed by atoms with van der Waals surface area (Å²) in [6.07, 6.45) is 3.44. The number of aryl methyl sites for hydroxylation is 1. The van der Waals surface area contributed by atoms with Gasteiger partial charge < -0.3 is 9.13 Å². The zero-order valence-electron chi connectivity index (χ0n) is 30.3. The lowest BCUT2D eigenvalue weighted by Gasteiger charge is -2.12. The Morgan fingerprint density at radius 2 is 0.981 bits per heavy atom. The number of hydrogen-bond donors (Lipinski definition) is 0. The molecule has 2 aromatic heterocycles. The maximum Gasteiger partial charge on any atom is 0.0550 e. The van der Waals surface area contributed by atoms with Gasteiger partial charge in [-0.25, -0.2) is 0 Å². The smallest absolute Gasteiger partial charge is 0.0550 e. The van der Waals surface area contributed by atoms with Gasteiger partial charge in [-0.1, -0.05) is 129 Å². The first-order valence-electron chi connectivity index (χ1n) is 19.3. The molecular weight excluding hydrogens is 653 g/mol. The van der Waals surface area contributed by atoms with Crippen molar-refractivity contribution in [3.63, 3.8) is 0 Å². The van der Waals surface area contributed by atoms with E-state index < -0.39 is 0 Å². The summed E-state index contributed by atoms with van der Waals surface area (Å²) >= 11 is 0. The molecule has 0 radical (unpaired) electrons. The van der Waals surface area contributed by atoms with Gasteiger partial charge in [-0.05, 0) is 123 Å². The molecule has 2 heterocycles. The molecule has 0 atom stereocenters. The second kappa shape index (κ2) is 12.2. The third kappa shape index (κ3) is 4.60. The van der Waals surface area contributed by atoms with Crippen LogP contribution in [-0.2, 0) is 6.42 Å². The molecule has 11 rings (SSSR count). The van der Waals surface area contributed by atoms with Gasteiger partial charge in [0.1, 0.15) is 0 Å². The van der Waals surface area contributed by atoms with Crippen LogP contribution < -0.4 is 0 Å². The fourth-order valence-corrected chi connectivity index (χ4v) is 9.21. The second-order valence-electron chi connectivity index (χ2n) is 14.7. The van der Waals surface area contributed by atoms with Crippen LogP contribution in [-0.4, -0.2) is 9.13 Å². The van der Waals surface area contributed by atoms with Crippen molar-refractivity contribution < 1.29 is 0 Å². The summed E-state index contributed by atoms with van der Waals surface area (Å²) in [6, 6.07) is 65.3. The van der Waals surface area contributed by atoms with Crippen LogP contribution in [0.1, 0.15) is 25.3 Å². The van der Waals surface area contributed by atoms with Gasteiger partial charge in [0.25, 0.3) is 0 Å². The molecule has 0 aliphatic rings. The number of fused-ring (bicyclic) bond motifs is 11. The Kier molecular flexibility index (Phi) is 7.00. The van der Waals surface area contributed by atoms with Crippen LogP contribution >= 0.6 is 0 Å². The predicted octanol–water partition coefficient (Wildman–Crippen LogP) is 14.3. The minimum absolute atomic E-state index is 1.08. The lowest BCUT2D eigenvalue weighted by molar-refractivity contribution is 0.799. The second-order valence-corrected chi connectivity index (χ2v) is 14.7. The van der Waals surface area contributed by atoms with E-state index in [2.05, 4.69) is 192 Å². The molecule has 11 aromatic rings. The molecule has 54 heavy (non-hydrogen) atoms. The topological polar surface area (TPSA) is 9.86 Å². The Labute approximate surface area is 314 Å².